The maximum atomic E-state index is 12.4. The lowest BCUT2D eigenvalue weighted by Gasteiger charge is -2.07. The van der Waals surface area contributed by atoms with E-state index in [0.717, 1.165) is 16.9 Å². The second-order valence-corrected chi connectivity index (χ2v) is 7.72. The number of sulfone groups is 1. The second kappa shape index (κ2) is 5.35. The summed E-state index contributed by atoms with van der Waals surface area (Å²) in [6.07, 6.45) is 0.933. The van der Waals surface area contributed by atoms with Crippen LogP contribution < -0.4 is 5.73 Å². The van der Waals surface area contributed by atoms with Crippen LogP contribution >= 0.6 is 11.3 Å². The van der Waals surface area contributed by atoms with Gasteiger partial charge in [0.1, 0.15) is 0 Å². The van der Waals surface area contributed by atoms with Crippen molar-refractivity contribution in [3.05, 3.63) is 45.6 Å². The maximum Gasteiger partial charge on any atom is 0.183 e. The standard InChI is InChI=1S/C14H17NO2S2/c1-3-12-6-7-13(18-12)9-19(16,17)14-8-11(15)5-4-10(14)2/h4-8H,3,9,15H2,1-2H3. The Labute approximate surface area is 118 Å². The van der Waals surface area contributed by atoms with Crippen molar-refractivity contribution < 1.29 is 8.42 Å². The Morgan fingerprint density at radius 2 is 1.84 bits per heavy atom. The van der Waals surface area contributed by atoms with E-state index in [4.69, 9.17) is 5.73 Å². The number of nitrogens with two attached hydrogens (primary N) is 1. The average molecular weight is 295 g/mol. The lowest BCUT2D eigenvalue weighted by atomic mass is 10.2. The fourth-order valence-corrected chi connectivity index (χ4v) is 4.86. The van der Waals surface area contributed by atoms with Gasteiger partial charge in [-0.2, -0.15) is 0 Å². The predicted molar refractivity (Wildman–Crippen MR) is 80.2 cm³/mol. The van der Waals surface area contributed by atoms with Crippen LogP contribution in [-0.4, -0.2) is 8.42 Å². The highest BCUT2D eigenvalue weighted by Gasteiger charge is 2.19. The first kappa shape index (κ1) is 14.1. The van der Waals surface area contributed by atoms with Gasteiger partial charge in [-0.05, 0) is 43.2 Å². The van der Waals surface area contributed by atoms with Gasteiger partial charge in [0.05, 0.1) is 10.6 Å². The van der Waals surface area contributed by atoms with Crippen molar-refractivity contribution in [2.75, 3.05) is 5.73 Å². The zero-order valence-electron chi connectivity index (χ0n) is 11.0. The van der Waals surface area contributed by atoms with Gasteiger partial charge in [0.15, 0.2) is 9.84 Å². The minimum atomic E-state index is -3.33. The smallest absolute Gasteiger partial charge is 0.183 e. The minimum Gasteiger partial charge on any atom is -0.399 e. The molecule has 0 amide bonds. The Balaban J connectivity index is 2.34. The molecule has 0 spiro atoms. The predicted octanol–water partition coefficient (Wildman–Crippen LogP) is 3.18. The second-order valence-electron chi connectivity index (χ2n) is 4.51. The van der Waals surface area contributed by atoms with Gasteiger partial charge in [-0.25, -0.2) is 8.42 Å². The molecule has 2 aromatic rings. The minimum absolute atomic E-state index is 0.0436. The van der Waals surface area contributed by atoms with Crippen molar-refractivity contribution in [3.8, 4) is 0 Å². The van der Waals surface area contributed by atoms with Gasteiger partial charge in [0, 0.05) is 15.4 Å². The molecular weight excluding hydrogens is 278 g/mol. The Morgan fingerprint density at radius 3 is 2.47 bits per heavy atom. The topological polar surface area (TPSA) is 60.2 Å². The number of hydrogen-bond donors (Lipinski definition) is 1. The number of thiophene rings is 1. The van der Waals surface area contributed by atoms with Crippen LogP contribution in [0.15, 0.2) is 35.2 Å². The van der Waals surface area contributed by atoms with E-state index in [0.29, 0.717) is 10.6 Å². The molecule has 102 valence electrons. The Bertz CT molecular complexity index is 687. The lowest BCUT2D eigenvalue weighted by molar-refractivity contribution is 0.595. The van der Waals surface area contributed by atoms with Crippen LogP contribution in [0.25, 0.3) is 0 Å². The van der Waals surface area contributed by atoms with E-state index in [1.165, 1.54) is 4.88 Å². The molecule has 0 radical (unpaired) electrons. The number of benzene rings is 1. The Morgan fingerprint density at radius 1 is 1.16 bits per heavy atom. The normalized spacial score (nSPS) is 11.7. The highest BCUT2D eigenvalue weighted by molar-refractivity contribution is 7.90. The van der Waals surface area contributed by atoms with Crippen molar-refractivity contribution in [1.82, 2.24) is 0 Å². The van der Waals surface area contributed by atoms with E-state index in [2.05, 4.69) is 6.92 Å². The molecule has 2 rings (SSSR count). The molecule has 0 aliphatic carbocycles. The summed E-state index contributed by atoms with van der Waals surface area (Å²) in [7, 11) is -3.33. The summed E-state index contributed by atoms with van der Waals surface area (Å²) in [5, 5.41) is 0. The van der Waals surface area contributed by atoms with Crippen LogP contribution in [0.5, 0.6) is 0 Å². The zero-order valence-corrected chi connectivity index (χ0v) is 12.6. The number of hydrogen-bond acceptors (Lipinski definition) is 4. The van der Waals surface area contributed by atoms with E-state index in [1.807, 2.05) is 12.1 Å². The van der Waals surface area contributed by atoms with Crippen molar-refractivity contribution in [2.45, 2.75) is 30.9 Å². The largest absolute Gasteiger partial charge is 0.399 e. The summed E-state index contributed by atoms with van der Waals surface area (Å²) in [6.45, 7) is 3.85. The molecule has 0 aliphatic rings. The summed E-state index contributed by atoms with van der Waals surface area (Å²) < 4.78 is 24.8. The van der Waals surface area contributed by atoms with Crippen molar-refractivity contribution in [3.63, 3.8) is 0 Å². The van der Waals surface area contributed by atoms with Crippen LogP contribution in [-0.2, 0) is 22.0 Å². The summed E-state index contributed by atoms with van der Waals surface area (Å²) in [5.74, 6) is 0.0436. The molecule has 1 heterocycles. The third-order valence-corrected chi connectivity index (χ3v) is 6.16. The Hall–Kier alpha value is -1.33. The molecule has 0 fully saturated rings. The monoisotopic (exact) mass is 295 g/mol. The first-order valence-corrected chi connectivity index (χ1v) is 8.55. The van der Waals surface area contributed by atoms with E-state index in [1.54, 1.807) is 36.5 Å². The van der Waals surface area contributed by atoms with E-state index < -0.39 is 9.84 Å². The van der Waals surface area contributed by atoms with Gasteiger partial charge in [0.2, 0.25) is 0 Å². The molecule has 5 heteroatoms. The van der Waals surface area contributed by atoms with Gasteiger partial charge >= 0.3 is 0 Å². The van der Waals surface area contributed by atoms with Crippen molar-refractivity contribution in [2.24, 2.45) is 0 Å². The Kier molecular flexibility index (Phi) is 3.96. The van der Waals surface area contributed by atoms with Gasteiger partial charge < -0.3 is 5.73 Å². The van der Waals surface area contributed by atoms with Crippen molar-refractivity contribution >= 4 is 26.9 Å². The average Bonchev–Trinajstić information content (AvgIpc) is 2.79. The van der Waals surface area contributed by atoms with Gasteiger partial charge in [0.25, 0.3) is 0 Å². The third-order valence-electron chi connectivity index (χ3n) is 2.95. The summed E-state index contributed by atoms with van der Waals surface area (Å²) >= 11 is 1.55. The molecule has 0 atom stereocenters. The lowest BCUT2D eigenvalue weighted by Crippen LogP contribution is -2.06. The van der Waals surface area contributed by atoms with Gasteiger partial charge in [-0.15, -0.1) is 11.3 Å². The molecule has 19 heavy (non-hydrogen) atoms. The number of nitrogen functional groups attached to an aromatic ring is 1. The molecule has 0 saturated carbocycles. The summed E-state index contributed by atoms with van der Waals surface area (Å²) in [5.41, 5.74) is 6.90. The third kappa shape index (κ3) is 3.16. The molecule has 0 bridgehead atoms. The van der Waals surface area contributed by atoms with Crippen molar-refractivity contribution in [1.29, 1.82) is 0 Å². The molecule has 0 saturated heterocycles. The fraction of sp³-hybridized carbons (Fsp3) is 0.286. The highest BCUT2D eigenvalue weighted by Crippen LogP contribution is 2.26. The van der Waals surface area contributed by atoms with Gasteiger partial charge in [-0.1, -0.05) is 13.0 Å². The van der Waals surface area contributed by atoms with Crippen LogP contribution in [0.1, 0.15) is 22.2 Å². The fourth-order valence-electron chi connectivity index (χ4n) is 1.91. The van der Waals surface area contributed by atoms with Crippen LogP contribution in [0.2, 0.25) is 0 Å². The quantitative estimate of drug-likeness (QED) is 0.881. The molecule has 2 N–H and O–H groups in total. The molecule has 0 unspecified atom stereocenters. The van der Waals surface area contributed by atoms with Crippen LogP contribution in [0.4, 0.5) is 5.69 Å². The van der Waals surface area contributed by atoms with E-state index >= 15 is 0 Å². The number of anilines is 1. The molecule has 1 aromatic heterocycles. The number of aryl methyl sites for hydroxylation is 2. The van der Waals surface area contributed by atoms with Crippen LogP contribution in [0, 0.1) is 6.92 Å². The summed E-state index contributed by atoms with van der Waals surface area (Å²) in [6, 6.07) is 8.88. The van der Waals surface area contributed by atoms with E-state index in [-0.39, 0.29) is 5.75 Å². The first-order valence-electron chi connectivity index (χ1n) is 6.09. The van der Waals surface area contributed by atoms with Crippen LogP contribution in [0.3, 0.4) is 0 Å². The maximum absolute atomic E-state index is 12.4. The molecule has 0 aliphatic heterocycles. The van der Waals surface area contributed by atoms with Gasteiger partial charge in [-0.3, -0.25) is 0 Å². The van der Waals surface area contributed by atoms with E-state index in [9.17, 15) is 8.42 Å². The molecular formula is C14H17NO2S2. The summed E-state index contributed by atoms with van der Waals surface area (Å²) in [4.78, 5) is 2.41. The molecule has 3 nitrogen and oxygen atoms in total. The zero-order chi connectivity index (χ0) is 14.0. The number of rotatable bonds is 4. The first-order chi connectivity index (χ1) is 8.92. The molecule has 1 aromatic carbocycles. The SMILES string of the molecule is CCc1ccc(CS(=O)(=O)c2cc(N)ccc2C)s1. The highest BCUT2D eigenvalue weighted by atomic mass is 32.2.